The predicted molar refractivity (Wildman–Crippen MR) is 121 cm³/mol. The van der Waals surface area contributed by atoms with Crippen LogP contribution in [0.15, 0.2) is 73.8 Å². The van der Waals surface area contributed by atoms with E-state index in [0.717, 1.165) is 0 Å². The maximum absolute atomic E-state index is 14.9. The molecule has 3 nitrogen and oxygen atoms in total. The number of hydrogen-bond donors (Lipinski definition) is 0. The average Bonchev–Trinajstić information content (AvgIpc) is 2.87. The van der Waals surface area contributed by atoms with Gasteiger partial charge in [0.1, 0.15) is 6.61 Å². The van der Waals surface area contributed by atoms with E-state index in [1.54, 1.807) is 6.08 Å². The summed E-state index contributed by atoms with van der Waals surface area (Å²) in [7, 11) is 0. The minimum atomic E-state index is -1.11. The molecule has 4 rings (SSSR count). The first-order valence-electron chi connectivity index (χ1n) is 10.6. The van der Waals surface area contributed by atoms with Crippen LogP contribution in [0.5, 0.6) is 5.75 Å². The van der Waals surface area contributed by atoms with Gasteiger partial charge in [0.15, 0.2) is 29.5 Å². The van der Waals surface area contributed by atoms with Crippen LogP contribution >= 0.6 is 0 Å². The molecule has 1 aliphatic rings. The van der Waals surface area contributed by atoms with Crippen molar-refractivity contribution in [3.63, 3.8) is 0 Å². The van der Waals surface area contributed by atoms with Gasteiger partial charge in [0, 0.05) is 22.6 Å². The van der Waals surface area contributed by atoms with Crippen LogP contribution < -0.4 is 4.74 Å². The van der Waals surface area contributed by atoms with E-state index >= 15 is 0 Å². The standard InChI is InChI=1S/C27H22F4O3/c1-3-13-32-22-12-11-20(24(29)26(22)31)18-7-5-17(6-8-18)19-9-10-21(25(30)23(19)28)27-33-14-16(4-2)15-34-27/h3-12,16,27H,1-2,13-15H2. The molecule has 0 spiro atoms. The summed E-state index contributed by atoms with van der Waals surface area (Å²) in [5.41, 5.74) is 0.745. The topological polar surface area (TPSA) is 27.7 Å². The zero-order chi connectivity index (χ0) is 24.2. The van der Waals surface area contributed by atoms with E-state index in [9.17, 15) is 17.6 Å². The zero-order valence-corrected chi connectivity index (χ0v) is 18.2. The van der Waals surface area contributed by atoms with Crippen molar-refractivity contribution in [1.82, 2.24) is 0 Å². The second kappa shape index (κ2) is 10.2. The highest BCUT2D eigenvalue weighted by molar-refractivity contribution is 5.71. The van der Waals surface area contributed by atoms with E-state index in [-0.39, 0.29) is 35.0 Å². The molecule has 7 heteroatoms. The van der Waals surface area contributed by atoms with Crippen LogP contribution in [0.4, 0.5) is 17.6 Å². The molecule has 176 valence electrons. The third-order valence-electron chi connectivity index (χ3n) is 5.53. The molecule has 3 aromatic carbocycles. The van der Waals surface area contributed by atoms with Crippen molar-refractivity contribution in [1.29, 1.82) is 0 Å². The molecule has 1 heterocycles. The monoisotopic (exact) mass is 470 g/mol. The smallest absolute Gasteiger partial charge is 0.201 e. The second-order valence-electron chi connectivity index (χ2n) is 7.74. The number of halogens is 4. The van der Waals surface area contributed by atoms with Gasteiger partial charge in [0.05, 0.1) is 13.2 Å². The molecule has 1 aliphatic heterocycles. The Kier molecular flexibility index (Phi) is 7.14. The number of ether oxygens (including phenoxy) is 3. The minimum absolute atomic E-state index is 0.00358. The Morgan fingerprint density at radius 3 is 1.88 bits per heavy atom. The second-order valence-corrected chi connectivity index (χ2v) is 7.74. The Morgan fingerprint density at radius 2 is 1.32 bits per heavy atom. The number of benzene rings is 3. The van der Waals surface area contributed by atoms with Gasteiger partial charge in [-0.1, -0.05) is 55.1 Å². The van der Waals surface area contributed by atoms with Crippen molar-refractivity contribution in [2.24, 2.45) is 5.92 Å². The Labute approximate surface area is 194 Å². The van der Waals surface area contributed by atoms with Crippen molar-refractivity contribution >= 4 is 0 Å². The molecule has 0 N–H and O–H groups in total. The van der Waals surface area contributed by atoms with Crippen molar-refractivity contribution < 1.29 is 31.8 Å². The van der Waals surface area contributed by atoms with Crippen LogP contribution in [0, 0.1) is 29.2 Å². The molecule has 1 saturated heterocycles. The fourth-order valence-corrected chi connectivity index (χ4v) is 3.65. The molecule has 0 radical (unpaired) electrons. The molecule has 1 fully saturated rings. The van der Waals surface area contributed by atoms with Gasteiger partial charge >= 0.3 is 0 Å². The van der Waals surface area contributed by atoms with E-state index < -0.39 is 29.6 Å². The quantitative estimate of drug-likeness (QED) is 0.275. The first-order valence-corrected chi connectivity index (χ1v) is 10.6. The summed E-state index contributed by atoms with van der Waals surface area (Å²) >= 11 is 0. The fourth-order valence-electron chi connectivity index (χ4n) is 3.65. The lowest BCUT2D eigenvalue weighted by atomic mass is 9.98. The summed E-state index contributed by atoms with van der Waals surface area (Å²) < 4.78 is 74.6. The molecular weight excluding hydrogens is 448 g/mol. The summed E-state index contributed by atoms with van der Waals surface area (Å²) in [4.78, 5) is 0. The first-order chi connectivity index (χ1) is 16.4. The van der Waals surface area contributed by atoms with Gasteiger partial charge in [-0.25, -0.2) is 13.2 Å². The van der Waals surface area contributed by atoms with Gasteiger partial charge in [0.25, 0.3) is 0 Å². The van der Waals surface area contributed by atoms with Gasteiger partial charge in [-0.3, -0.25) is 0 Å². The molecule has 34 heavy (non-hydrogen) atoms. The van der Waals surface area contributed by atoms with Crippen molar-refractivity contribution in [2.45, 2.75) is 6.29 Å². The molecule has 0 atom stereocenters. The first kappa shape index (κ1) is 23.7. The lowest BCUT2D eigenvalue weighted by Gasteiger charge is -2.28. The molecule has 0 unspecified atom stereocenters. The van der Waals surface area contributed by atoms with E-state index in [1.807, 2.05) is 0 Å². The van der Waals surface area contributed by atoms with Crippen LogP contribution in [0.25, 0.3) is 22.3 Å². The van der Waals surface area contributed by atoms with E-state index in [0.29, 0.717) is 24.3 Å². The van der Waals surface area contributed by atoms with Gasteiger partial charge in [0.2, 0.25) is 5.82 Å². The Bertz CT molecular complexity index is 1200. The maximum Gasteiger partial charge on any atom is 0.201 e. The van der Waals surface area contributed by atoms with Crippen LogP contribution in [-0.2, 0) is 9.47 Å². The van der Waals surface area contributed by atoms with Crippen molar-refractivity contribution in [3.8, 4) is 28.0 Å². The highest BCUT2D eigenvalue weighted by Gasteiger charge is 2.27. The third-order valence-corrected chi connectivity index (χ3v) is 5.53. The summed E-state index contributed by atoms with van der Waals surface area (Å²) in [6.07, 6.45) is 2.11. The SMILES string of the molecule is C=CCOc1ccc(-c2ccc(-c3ccc(C4OCC(C=C)CO4)c(F)c3F)cc2)c(F)c1F. The van der Waals surface area contributed by atoms with Crippen LogP contribution in [0.2, 0.25) is 0 Å². The lowest BCUT2D eigenvalue weighted by molar-refractivity contribution is -0.198. The Balaban J connectivity index is 1.58. The largest absolute Gasteiger partial charge is 0.486 e. The molecule has 0 saturated carbocycles. The van der Waals surface area contributed by atoms with Gasteiger partial charge in [-0.05, 0) is 23.3 Å². The summed E-state index contributed by atoms with van der Waals surface area (Å²) in [5.74, 6) is -4.52. The molecule has 0 aromatic heterocycles. The summed E-state index contributed by atoms with van der Waals surface area (Å²) in [5, 5.41) is 0. The number of rotatable bonds is 7. The highest BCUT2D eigenvalue weighted by atomic mass is 19.2. The molecule has 3 aromatic rings. The normalized spacial score (nSPS) is 17.9. The van der Waals surface area contributed by atoms with Gasteiger partial charge < -0.3 is 14.2 Å². The Morgan fingerprint density at radius 1 is 0.765 bits per heavy atom. The van der Waals surface area contributed by atoms with Crippen LogP contribution in [0.1, 0.15) is 11.9 Å². The summed E-state index contributed by atoms with van der Waals surface area (Å²) in [6, 6.07) is 11.6. The molecule has 0 amide bonds. The number of hydrogen-bond acceptors (Lipinski definition) is 3. The van der Waals surface area contributed by atoms with E-state index in [4.69, 9.17) is 14.2 Å². The van der Waals surface area contributed by atoms with Crippen molar-refractivity contribution in [3.05, 3.63) is 103 Å². The lowest BCUT2D eigenvalue weighted by Crippen LogP contribution is -2.26. The highest BCUT2D eigenvalue weighted by Crippen LogP contribution is 2.35. The van der Waals surface area contributed by atoms with E-state index in [1.165, 1.54) is 54.6 Å². The van der Waals surface area contributed by atoms with Gasteiger partial charge in [-0.15, -0.1) is 6.58 Å². The summed E-state index contributed by atoms with van der Waals surface area (Å²) in [6.45, 7) is 7.78. The average molecular weight is 470 g/mol. The maximum atomic E-state index is 14.9. The van der Waals surface area contributed by atoms with E-state index in [2.05, 4.69) is 13.2 Å². The molecular formula is C27H22F4O3. The van der Waals surface area contributed by atoms with Gasteiger partial charge in [-0.2, -0.15) is 4.39 Å². The molecule has 0 bridgehead atoms. The third kappa shape index (κ3) is 4.62. The predicted octanol–water partition coefficient (Wildman–Crippen LogP) is 6.99. The Hall–Kier alpha value is -3.42. The van der Waals surface area contributed by atoms with Crippen LogP contribution in [0.3, 0.4) is 0 Å². The minimum Gasteiger partial charge on any atom is -0.486 e. The molecule has 0 aliphatic carbocycles. The van der Waals surface area contributed by atoms with Crippen molar-refractivity contribution in [2.75, 3.05) is 19.8 Å². The fraction of sp³-hybridized carbons (Fsp3) is 0.185. The van der Waals surface area contributed by atoms with Crippen LogP contribution in [-0.4, -0.2) is 19.8 Å². The zero-order valence-electron chi connectivity index (χ0n) is 18.2.